The normalized spacial score (nSPS) is 19.2. The number of ketones is 1. The second kappa shape index (κ2) is 9.37. The highest BCUT2D eigenvalue weighted by Gasteiger charge is 2.40. The van der Waals surface area contributed by atoms with Crippen LogP contribution in [0.4, 0.5) is 17.3 Å². The molecule has 1 aromatic carbocycles. The van der Waals surface area contributed by atoms with Gasteiger partial charge >= 0.3 is 0 Å². The number of primary amides is 1. The molecule has 9 heteroatoms. The fourth-order valence-corrected chi connectivity index (χ4v) is 5.22. The Balaban J connectivity index is 1.36. The molecule has 3 aromatic rings. The zero-order chi connectivity index (χ0) is 25.4. The third-order valence-electron chi connectivity index (χ3n) is 7.58. The van der Waals surface area contributed by atoms with Gasteiger partial charge in [-0.25, -0.2) is 9.97 Å². The van der Waals surface area contributed by atoms with Crippen molar-refractivity contribution in [1.29, 1.82) is 0 Å². The monoisotopic (exact) mass is 487 g/mol. The first kappa shape index (κ1) is 24.0. The molecule has 2 aliphatic rings. The van der Waals surface area contributed by atoms with Gasteiger partial charge in [-0.15, -0.1) is 0 Å². The molecule has 1 saturated carbocycles. The van der Waals surface area contributed by atoms with Gasteiger partial charge in [0.05, 0.1) is 18.1 Å². The Morgan fingerprint density at radius 3 is 2.53 bits per heavy atom. The van der Waals surface area contributed by atoms with Gasteiger partial charge in [0, 0.05) is 37.3 Å². The summed E-state index contributed by atoms with van der Waals surface area (Å²) in [7, 11) is 1.81. The number of nitrogens with two attached hydrogens (primary N) is 1. The van der Waals surface area contributed by atoms with Crippen LogP contribution >= 0.6 is 0 Å². The van der Waals surface area contributed by atoms with Gasteiger partial charge in [-0.3, -0.25) is 14.3 Å². The standard InChI is InChI=1S/C27H33N7O2/c1-27(2)20(13-22(35)19-10-8-18(9-11-19)17-6-7-17)5-4-12-34(27)23-15-29-24(25(28)36)26(32-23)31-21-14-30-33(3)16-21/h8-11,14-17,20H,4-7,12-13H2,1-3H3,(H2,28,36)(H,31,32)/t20-/m0/s1. The van der Waals surface area contributed by atoms with E-state index in [1.165, 1.54) is 18.4 Å². The number of carbonyl (C=O) groups excluding carboxylic acids is 2. The fraction of sp³-hybridized carbons (Fsp3) is 0.444. The number of nitrogens with zero attached hydrogens (tertiary/aromatic N) is 5. The molecule has 0 radical (unpaired) electrons. The maximum Gasteiger partial charge on any atom is 0.271 e. The highest BCUT2D eigenvalue weighted by atomic mass is 16.1. The number of benzene rings is 1. The minimum absolute atomic E-state index is 0.0683. The Morgan fingerprint density at radius 1 is 1.14 bits per heavy atom. The van der Waals surface area contributed by atoms with E-state index in [1.807, 2.05) is 12.1 Å². The number of rotatable bonds is 8. The summed E-state index contributed by atoms with van der Waals surface area (Å²) >= 11 is 0. The van der Waals surface area contributed by atoms with Gasteiger partial charge in [-0.05, 0) is 56.9 Å². The molecule has 3 N–H and O–H groups in total. The number of nitrogens with one attached hydrogen (secondary N) is 1. The summed E-state index contributed by atoms with van der Waals surface area (Å²) in [5, 5.41) is 7.27. The average molecular weight is 488 g/mol. The lowest BCUT2D eigenvalue weighted by atomic mass is 9.75. The summed E-state index contributed by atoms with van der Waals surface area (Å²) in [5.41, 5.74) is 8.09. The number of hydrogen-bond acceptors (Lipinski definition) is 7. The number of anilines is 3. The number of aryl methyl sites for hydroxylation is 1. The Kier molecular flexibility index (Phi) is 6.24. The van der Waals surface area contributed by atoms with Crippen molar-refractivity contribution >= 4 is 29.0 Å². The van der Waals surface area contributed by atoms with Crippen molar-refractivity contribution in [3.05, 3.63) is 59.7 Å². The summed E-state index contributed by atoms with van der Waals surface area (Å²) in [6, 6.07) is 8.17. The van der Waals surface area contributed by atoms with Crippen LogP contribution in [-0.4, -0.2) is 43.5 Å². The fourth-order valence-electron chi connectivity index (χ4n) is 5.22. The molecule has 5 rings (SSSR count). The van der Waals surface area contributed by atoms with E-state index < -0.39 is 5.91 Å². The SMILES string of the molecule is Cn1cc(Nc2nc(N3CCC[C@@H](CC(=O)c4ccc(C5CC5)cc4)C3(C)C)cnc2C(N)=O)cn1. The third-order valence-corrected chi connectivity index (χ3v) is 7.58. The molecule has 0 spiro atoms. The molecule has 36 heavy (non-hydrogen) atoms. The zero-order valence-corrected chi connectivity index (χ0v) is 21.1. The molecule has 1 atom stereocenters. The van der Waals surface area contributed by atoms with E-state index in [9.17, 15) is 9.59 Å². The number of aromatic nitrogens is 4. The molecule has 9 nitrogen and oxygen atoms in total. The van der Waals surface area contributed by atoms with Crippen LogP contribution in [0.25, 0.3) is 0 Å². The van der Waals surface area contributed by atoms with Crippen LogP contribution in [0.1, 0.15) is 78.3 Å². The Bertz CT molecular complexity index is 1280. The summed E-state index contributed by atoms with van der Waals surface area (Å²) < 4.78 is 1.65. The number of Topliss-reactive ketones (excluding diaryl/α,β-unsaturated/α-hetero) is 1. The van der Waals surface area contributed by atoms with Crippen molar-refractivity contribution in [2.75, 3.05) is 16.8 Å². The number of amides is 1. The Morgan fingerprint density at radius 2 is 1.89 bits per heavy atom. The topological polar surface area (TPSA) is 119 Å². The maximum atomic E-state index is 13.2. The first-order valence-electron chi connectivity index (χ1n) is 12.6. The van der Waals surface area contributed by atoms with Gasteiger partial charge in [0.1, 0.15) is 5.82 Å². The van der Waals surface area contributed by atoms with Gasteiger partial charge in [0.25, 0.3) is 5.91 Å². The summed E-state index contributed by atoms with van der Waals surface area (Å²) in [6.07, 6.45) is 9.89. The van der Waals surface area contributed by atoms with Crippen LogP contribution in [0.3, 0.4) is 0 Å². The average Bonchev–Trinajstić information content (AvgIpc) is 3.62. The number of carbonyl (C=O) groups is 2. The van der Waals surface area contributed by atoms with Crippen LogP contribution in [0.15, 0.2) is 42.9 Å². The molecule has 188 valence electrons. The predicted molar refractivity (Wildman–Crippen MR) is 139 cm³/mol. The molecule has 2 aromatic heterocycles. The van der Waals surface area contributed by atoms with Crippen LogP contribution in [0.5, 0.6) is 0 Å². The third kappa shape index (κ3) is 4.82. The second-order valence-electron chi connectivity index (χ2n) is 10.5. The maximum absolute atomic E-state index is 13.2. The highest BCUT2D eigenvalue weighted by molar-refractivity contribution is 5.97. The first-order valence-corrected chi connectivity index (χ1v) is 12.6. The molecule has 0 bridgehead atoms. The molecule has 1 aliphatic heterocycles. The van der Waals surface area contributed by atoms with E-state index in [4.69, 9.17) is 10.7 Å². The van der Waals surface area contributed by atoms with Crippen LogP contribution in [0.2, 0.25) is 0 Å². The van der Waals surface area contributed by atoms with Crippen molar-refractivity contribution in [2.24, 2.45) is 18.7 Å². The minimum atomic E-state index is -0.658. The van der Waals surface area contributed by atoms with Crippen LogP contribution < -0.4 is 16.0 Å². The number of piperidine rings is 1. The minimum Gasteiger partial charge on any atom is -0.364 e. The summed E-state index contributed by atoms with van der Waals surface area (Å²) in [4.78, 5) is 36.5. The van der Waals surface area contributed by atoms with Gasteiger partial charge in [0.2, 0.25) is 0 Å². The smallest absolute Gasteiger partial charge is 0.271 e. The van der Waals surface area contributed by atoms with Gasteiger partial charge < -0.3 is 16.0 Å². The van der Waals surface area contributed by atoms with E-state index >= 15 is 0 Å². The Labute approximate surface area is 211 Å². The van der Waals surface area contributed by atoms with Crippen molar-refractivity contribution in [3.8, 4) is 0 Å². The Hall–Kier alpha value is -3.75. The van der Waals surface area contributed by atoms with Crippen molar-refractivity contribution in [2.45, 2.75) is 57.4 Å². The molecule has 1 amide bonds. The van der Waals surface area contributed by atoms with Gasteiger partial charge in [0.15, 0.2) is 17.3 Å². The predicted octanol–water partition coefficient (Wildman–Crippen LogP) is 4.20. The lowest BCUT2D eigenvalue weighted by Crippen LogP contribution is -2.54. The molecule has 2 fully saturated rings. The van der Waals surface area contributed by atoms with Crippen LogP contribution in [0, 0.1) is 5.92 Å². The van der Waals surface area contributed by atoms with Gasteiger partial charge in [-0.2, -0.15) is 5.10 Å². The van der Waals surface area contributed by atoms with E-state index in [0.29, 0.717) is 23.8 Å². The van der Waals surface area contributed by atoms with E-state index in [0.717, 1.165) is 24.9 Å². The van der Waals surface area contributed by atoms with E-state index in [-0.39, 0.29) is 28.8 Å². The summed E-state index contributed by atoms with van der Waals surface area (Å²) in [6.45, 7) is 5.08. The molecule has 3 heterocycles. The second-order valence-corrected chi connectivity index (χ2v) is 10.5. The van der Waals surface area contributed by atoms with E-state index in [1.54, 1.807) is 30.3 Å². The quantitative estimate of drug-likeness (QED) is 0.457. The van der Waals surface area contributed by atoms with Gasteiger partial charge in [-0.1, -0.05) is 24.3 Å². The molecule has 1 aliphatic carbocycles. The summed E-state index contributed by atoms with van der Waals surface area (Å²) in [5.74, 6) is 1.27. The molecule has 0 unspecified atom stereocenters. The highest BCUT2D eigenvalue weighted by Crippen LogP contribution is 2.41. The molecular formula is C27H33N7O2. The van der Waals surface area contributed by atoms with Crippen molar-refractivity contribution in [3.63, 3.8) is 0 Å². The lowest BCUT2D eigenvalue weighted by Gasteiger charge is -2.48. The van der Waals surface area contributed by atoms with E-state index in [2.05, 4.69) is 46.3 Å². The lowest BCUT2D eigenvalue weighted by molar-refractivity contribution is 0.0919. The first-order chi connectivity index (χ1) is 17.2. The zero-order valence-electron chi connectivity index (χ0n) is 21.1. The van der Waals surface area contributed by atoms with Crippen LogP contribution in [-0.2, 0) is 7.05 Å². The van der Waals surface area contributed by atoms with Crippen molar-refractivity contribution in [1.82, 2.24) is 19.7 Å². The number of hydrogen-bond donors (Lipinski definition) is 2. The largest absolute Gasteiger partial charge is 0.364 e. The molecule has 1 saturated heterocycles. The van der Waals surface area contributed by atoms with Crippen molar-refractivity contribution < 1.29 is 9.59 Å². The molecular weight excluding hydrogens is 454 g/mol.